The normalized spacial score (nSPS) is 12.8. The van der Waals surface area contributed by atoms with Crippen LogP contribution in [0.15, 0.2) is 66.7 Å². The summed E-state index contributed by atoms with van der Waals surface area (Å²) in [6.07, 6.45) is 0.658. The van der Waals surface area contributed by atoms with Crippen molar-refractivity contribution in [3.63, 3.8) is 0 Å². The van der Waals surface area contributed by atoms with Gasteiger partial charge in [-0.3, -0.25) is 9.59 Å². The lowest BCUT2D eigenvalue weighted by Crippen LogP contribution is -2.37. The van der Waals surface area contributed by atoms with Gasteiger partial charge in [0.2, 0.25) is 0 Å². The van der Waals surface area contributed by atoms with Gasteiger partial charge in [-0.15, -0.1) is 0 Å². The molecule has 0 aromatic heterocycles. The first kappa shape index (κ1) is 21.7. The van der Waals surface area contributed by atoms with Gasteiger partial charge < -0.3 is 19.7 Å². The van der Waals surface area contributed by atoms with Crippen molar-refractivity contribution in [3.05, 3.63) is 88.4 Å². The number of carbonyl (C=O) groups excluding carboxylic acids is 2. The van der Waals surface area contributed by atoms with E-state index in [0.717, 1.165) is 11.1 Å². The molecule has 0 saturated heterocycles. The number of benzene rings is 3. The van der Waals surface area contributed by atoms with Gasteiger partial charge in [0.1, 0.15) is 11.5 Å². The highest BCUT2D eigenvalue weighted by Gasteiger charge is 2.26. The second-order valence-corrected chi connectivity index (χ2v) is 7.89. The number of carbonyl (C=O) groups is 2. The van der Waals surface area contributed by atoms with Gasteiger partial charge in [-0.1, -0.05) is 29.8 Å². The largest absolute Gasteiger partial charge is 0.497 e. The maximum atomic E-state index is 13.0. The third kappa shape index (κ3) is 5.03. The molecule has 1 aliphatic rings. The van der Waals surface area contributed by atoms with Crippen LogP contribution in [-0.2, 0) is 17.8 Å². The predicted molar refractivity (Wildman–Crippen MR) is 123 cm³/mol. The average molecular weight is 451 g/mol. The highest BCUT2D eigenvalue weighted by molar-refractivity contribution is 6.30. The van der Waals surface area contributed by atoms with Gasteiger partial charge in [0.15, 0.2) is 6.61 Å². The third-order valence-electron chi connectivity index (χ3n) is 5.30. The van der Waals surface area contributed by atoms with Crippen molar-refractivity contribution in [2.75, 3.05) is 25.6 Å². The molecule has 1 heterocycles. The van der Waals surface area contributed by atoms with Crippen LogP contribution in [0.5, 0.6) is 11.5 Å². The van der Waals surface area contributed by atoms with Crippen LogP contribution >= 0.6 is 11.6 Å². The van der Waals surface area contributed by atoms with Crippen molar-refractivity contribution in [2.24, 2.45) is 0 Å². The minimum Gasteiger partial charge on any atom is -0.497 e. The Balaban J connectivity index is 1.39. The summed E-state index contributed by atoms with van der Waals surface area (Å²) in [6, 6.07) is 19.9. The van der Waals surface area contributed by atoms with Crippen molar-refractivity contribution >= 4 is 29.1 Å². The first-order chi connectivity index (χ1) is 15.5. The first-order valence-electron chi connectivity index (χ1n) is 10.3. The summed E-state index contributed by atoms with van der Waals surface area (Å²) in [5, 5.41) is 3.45. The van der Waals surface area contributed by atoms with Crippen LogP contribution < -0.4 is 14.8 Å². The average Bonchev–Trinajstić information content (AvgIpc) is 2.81. The highest BCUT2D eigenvalue weighted by Crippen LogP contribution is 2.29. The molecule has 0 saturated carbocycles. The van der Waals surface area contributed by atoms with Crippen LogP contribution in [0.25, 0.3) is 0 Å². The number of rotatable bonds is 7. The summed E-state index contributed by atoms with van der Waals surface area (Å²) in [7, 11) is 1.59. The molecule has 0 atom stereocenters. The number of nitrogens with one attached hydrogen (secondary N) is 1. The molecule has 0 spiro atoms. The monoisotopic (exact) mass is 450 g/mol. The molecule has 1 aliphatic heterocycles. The fourth-order valence-electron chi connectivity index (χ4n) is 3.65. The zero-order valence-corrected chi connectivity index (χ0v) is 18.4. The fourth-order valence-corrected chi connectivity index (χ4v) is 3.78. The Morgan fingerprint density at radius 1 is 1.06 bits per heavy atom. The summed E-state index contributed by atoms with van der Waals surface area (Å²) >= 11 is 5.95. The molecule has 2 amide bonds. The molecule has 164 valence electrons. The Hall–Kier alpha value is -3.51. The summed E-state index contributed by atoms with van der Waals surface area (Å²) < 4.78 is 10.9. The maximum absolute atomic E-state index is 13.0. The van der Waals surface area contributed by atoms with Crippen molar-refractivity contribution in [1.29, 1.82) is 0 Å². The van der Waals surface area contributed by atoms with Crippen molar-refractivity contribution in [2.45, 2.75) is 13.0 Å². The van der Waals surface area contributed by atoms with E-state index in [4.69, 9.17) is 21.1 Å². The first-order valence-corrected chi connectivity index (χ1v) is 10.6. The molecule has 1 N–H and O–H groups in total. The Bertz CT molecular complexity index is 1110. The van der Waals surface area contributed by atoms with Gasteiger partial charge >= 0.3 is 0 Å². The maximum Gasteiger partial charge on any atom is 0.262 e. The van der Waals surface area contributed by atoms with E-state index >= 15 is 0 Å². The highest BCUT2D eigenvalue weighted by atomic mass is 35.5. The summed E-state index contributed by atoms with van der Waals surface area (Å²) in [5.41, 5.74) is 3.12. The fraction of sp³-hybridized carbons (Fsp3) is 0.200. The lowest BCUT2D eigenvalue weighted by molar-refractivity contribution is -0.118. The van der Waals surface area contributed by atoms with E-state index in [0.29, 0.717) is 47.3 Å². The molecule has 0 unspecified atom stereocenters. The van der Waals surface area contributed by atoms with Crippen molar-refractivity contribution in [1.82, 2.24) is 4.90 Å². The molecule has 4 rings (SSSR count). The number of fused-ring (bicyclic) bond motifs is 1. The van der Waals surface area contributed by atoms with Crippen LogP contribution in [0.1, 0.15) is 21.5 Å². The van der Waals surface area contributed by atoms with Crippen molar-refractivity contribution < 1.29 is 19.1 Å². The van der Waals surface area contributed by atoms with Crippen LogP contribution in [0, 0.1) is 0 Å². The molecular weight excluding hydrogens is 428 g/mol. The van der Waals surface area contributed by atoms with Gasteiger partial charge in [-0.2, -0.15) is 0 Å². The summed E-state index contributed by atoms with van der Waals surface area (Å²) in [6.45, 7) is 0.947. The van der Waals surface area contributed by atoms with Crippen LogP contribution in [0.3, 0.4) is 0 Å². The Morgan fingerprint density at radius 2 is 1.81 bits per heavy atom. The molecule has 3 aromatic carbocycles. The van der Waals surface area contributed by atoms with E-state index in [2.05, 4.69) is 5.32 Å². The minimum absolute atomic E-state index is 0.0469. The molecule has 32 heavy (non-hydrogen) atoms. The number of nitrogens with zero attached hydrogens (tertiary/aromatic N) is 1. The number of amides is 2. The lowest BCUT2D eigenvalue weighted by Gasteiger charge is -2.29. The van der Waals surface area contributed by atoms with E-state index in [1.807, 2.05) is 29.2 Å². The number of anilines is 1. The zero-order valence-electron chi connectivity index (χ0n) is 17.6. The molecular formula is C25H23ClN2O4. The van der Waals surface area contributed by atoms with E-state index in [1.54, 1.807) is 49.6 Å². The van der Waals surface area contributed by atoms with Gasteiger partial charge in [0, 0.05) is 34.9 Å². The van der Waals surface area contributed by atoms with Gasteiger partial charge in [0.05, 0.1) is 7.11 Å². The van der Waals surface area contributed by atoms with E-state index in [9.17, 15) is 9.59 Å². The third-order valence-corrected chi connectivity index (χ3v) is 5.55. The molecule has 6 nitrogen and oxygen atoms in total. The Kier molecular flexibility index (Phi) is 6.61. The SMILES string of the molecule is COc1ccc(NC(=O)COc2cccc3c2CCN(Cc2ccc(Cl)cc2)C3=O)cc1. The number of ether oxygens (including phenoxy) is 2. The second-order valence-electron chi connectivity index (χ2n) is 7.45. The molecule has 0 fully saturated rings. The second kappa shape index (κ2) is 9.75. The molecule has 0 bridgehead atoms. The summed E-state index contributed by atoms with van der Waals surface area (Å²) in [5.74, 6) is 0.949. The number of hydrogen-bond donors (Lipinski definition) is 1. The van der Waals surface area contributed by atoms with Crippen LogP contribution in [0.2, 0.25) is 5.02 Å². The van der Waals surface area contributed by atoms with Crippen LogP contribution in [0.4, 0.5) is 5.69 Å². The predicted octanol–water partition coefficient (Wildman–Crippen LogP) is 4.56. The van der Waals surface area contributed by atoms with E-state index in [-0.39, 0.29) is 18.4 Å². The summed E-state index contributed by atoms with van der Waals surface area (Å²) in [4.78, 5) is 27.1. The lowest BCUT2D eigenvalue weighted by atomic mass is 9.97. The standard InChI is InChI=1S/C25H23ClN2O4/c1-31-20-11-9-19(10-12-20)27-24(29)16-32-23-4-2-3-22-21(23)13-14-28(25(22)30)15-17-5-7-18(26)8-6-17/h2-12H,13-16H2,1H3,(H,27,29). The van der Waals surface area contributed by atoms with Crippen molar-refractivity contribution in [3.8, 4) is 11.5 Å². The minimum atomic E-state index is -0.278. The molecule has 7 heteroatoms. The Morgan fingerprint density at radius 3 is 2.53 bits per heavy atom. The smallest absolute Gasteiger partial charge is 0.262 e. The molecule has 0 radical (unpaired) electrons. The van der Waals surface area contributed by atoms with E-state index in [1.165, 1.54) is 0 Å². The van der Waals surface area contributed by atoms with E-state index < -0.39 is 0 Å². The zero-order chi connectivity index (χ0) is 22.5. The van der Waals surface area contributed by atoms with Crippen LogP contribution in [-0.4, -0.2) is 37.0 Å². The molecule has 0 aliphatic carbocycles. The van der Waals surface area contributed by atoms with Gasteiger partial charge in [0.25, 0.3) is 11.8 Å². The number of halogens is 1. The number of hydrogen-bond acceptors (Lipinski definition) is 4. The number of methoxy groups -OCH3 is 1. The van der Waals surface area contributed by atoms with Gasteiger partial charge in [-0.05, 0) is 60.5 Å². The molecule has 3 aromatic rings. The quantitative estimate of drug-likeness (QED) is 0.572. The van der Waals surface area contributed by atoms with Gasteiger partial charge in [-0.25, -0.2) is 0 Å². The topological polar surface area (TPSA) is 67.9 Å². The Labute approximate surface area is 191 Å².